The number of amides is 1. The third-order valence-electron chi connectivity index (χ3n) is 2.24. The first-order valence-electron chi connectivity index (χ1n) is 3.68. The molecule has 1 rings (SSSR count). The van der Waals surface area contributed by atoms with Gasteiger partial charge in [0.1, 0.15) is 6.54 Å². The minimum atomic E-state index is 0.113. The first kappa shape index (κ1) is 7.69. The summed E-state index contributed by atoms with van der Waals surface area (Å²) in [6.45, 7) is 1.60. The molecule has 1 N–H and O–H groups in total. The molecule has 0 aromatic rings. The van der Waals surface area contributed by atoms with Gasteiger partial charge in [-0.2, -0.15) is 0 Å². The summed E-state index contributed by atoms with van der Waals surface area (Å²) in [5.74, 6) is 0.272. The van der Waals surface area contributed by atoms with Crippen molar-refractivity contribution in [2.75, 3.05) is 26.7 Å². The van der Waals surface area contributed by atoms with E-state index in [2.05, 4.69) is 0 Å². The molecule has 1 fully saturated rings. The molecule has 0 bridgehead atoms. The number of aliphatic hydroxyl groups excluding tert-OH is 1. The smallest absolute Gasteiger partial charge is 0.313 e. The second kappa shape index (κ2) is 2.68. The number of carbonyl (C=O) groups excluding carboxylic acids is 1. The van der Waals surface area contributed by atoms with E-state index in [0.29, 0.717) is 17.4 Å². The highest BCUT2D eigenvalue weighted by Gasteiger charge is 2.35. The predicted molar refractivity (Wildman–Crippen MR) is 37.2 cm³/mol. The van der Waals surface area contributed by atoms with E-state index in [4.69, 9.17) is 5.11 Å². The summed E-state index contributed by atoms with van der Waals surface area (Å²) >= 11 is 0. The van der Waals surface area contributed by atoms with Crippen LogP contribution in [0.1, 0.15) is 12.8 Å². The number of rotatable bonds is 2. The van der Waals surface area contributed by atoms with E-state index in [1.165, 1.54) is 0 Å². The molecule has 1 amide bonds. The molecule has 0 radical (unpaired) electrons. The number of aliphatic hydroxyl groups is 1. The van der Waals surface area contributed by atoms with Crippen LogP contribution in [0.4, 0.5) is 0 Å². The summed E-state index contributed by atoms with van der Waals surface area (Å²) in [5, 5.41) is 8.64. The normalized spacial score (nSPS) is 33.2. The molecular formula is C7H14NO2+. The van der Waals surface area contributed by atoms with Gasteiger partial charge in [-0.25, -0.2) is 4.79 Å². The van der Waals surface area contributed by atoms with Gasteiger partial charge in [0.2, 0.25) is 0 Å². The van der Waals surface area contributed by atoms with E-state index in [1.54, 1.807) is 0 Å². The van der Waals surface area contributed by atoms with E-state index >= 15 is 0 Å². The van der Waals surface area contributed by atoms with Crippen LogP contribution in [0.15, 0.2) is 0 Å². The topological polar surface area (TPSA) is 37.3 Å². The third-order valence-corrected chi connectivity index (χ3v) is 2.24. The van der Waals surface area contributed by atoms with E-state index in [9.17, 15) is 4.79 Å². The van der Waals surface area contributed by atoms with Crippen LogP contribution in [-0.4, -0.2) is 42.2 Å². The molecule has 1 aliphatic heterocycles. The Morgan fingerprint density at radius 3 is 2.80 bits per heavy atom. The molecule has 58 valence electrons. The van der Waals surface area contributed by atoms with Gasteiger partial charge in [-0.05, 0) is 0 Å². The van der Waals surface area contributed by atoms with E-state index in [-0.39, 0.29) is 12.5 Å². The Morgan fingerprint density at radius 2 is 2.40 bits per heavy atom. The second-order valence-electron chi connectivity index (χ2n) is 3.06. The van der Waals surface area contributed by atoms with Crippen LogP contribution in [0.3, 0.4) is 0 Å². The Kier molecular flexibility index (Phi) is 2.06. The SMILES string of the molecule is C[N+]1(CCO)CCCC1=O. The van der Waals surface area contributed by atoms with Crippen LogP contribution in [0.2, 0.25) is 0 Å². The first-order chi connectivity index (χ1) is 4.69. The average molecular weight is 144 g/mol. The molecule has 0 aromatic heterocycles. The average Bonchev–Trinajstić information content (AvgIpc) is 2.15. The lowest BCUT2D eigenvalue weighted by Gasteiger charge is -2.24. The van der Waals surface area contributed by atoms with Gasteiger partial charge >= 0.3 is 5.91 Å². The monoisotopic (exact) mass is 144 g/mol. The Bertz CT molecular complexity index is 147. The van der Waals surface area contributed by atoms with Crippen LogP contribution in [-0.2, 0) is 4.79 Å². The molecule has 0 spiro atoms. The molecule has 1 aliphatic rings. The van der Waals surface area contributed by atoms with E-state index in [0.717, 1.165) is 13.0 Å². The lowest BCUT2D eigenvalue weighted by atomic mass is 10.4. The van der Waals surface area contributed by atoms with Crippen LogP contribution >= 0.6 is 0 Å². The molecule has 3 heteroatoms. The maximum Gasteiger partial charge on any atom is 0.313 e. The summed E-state index contributed by atoms with van der Waals surface area (Å²) in [6.07, 6.45) is 1.67. The van der Waals surface area contributed by atoms with Crippen LogP contribution < -0.4 is 0 Å². The third kappa shape index (κ3) is 1.20. The van der Waals surface area contributed by atoms with Crippen LogP contribution in [0, 0.1) is 0 Å². The largest absolute Gasteiger partial charge is 0.390 e. The van der Waals surface area contributed by atoms with Crippen molar-refractivity contribution in [3.8, 4) is 0 Å². The summed E-state index contributed by atoms with van der Waals surface area (Å²) in [6, 6.07) is 0. The zero-order valence-corrected chi connectivity index (χ0v) is 6.34. The van der Waals surface area contributed by atoms with Gasteiger partial charge in [0, 0.05) is 6.42 Å². The Hall–Kier alpha value is -0.410. The number of hydrogen-bond donors (Lipinski definition) is 1. The van der Waals surface area contributed by atoms with Crippen molar-refractivity contribution in [2.45, 2.75) is 12.8 Å². The fourth-order valence-corrected chi connectivity index (χ4v) is 1.43. The summed E-state index contributed by atoms with van der Waals surface area (Å²) in [4.78, 5) is 11.1. The molecule has 0 aromatic carbocycles. The molecule has 1 atom stereocenters. The zero-order chi connectivity index (χ0) is 7.61. The summed E-state index contributed by atoms with van der Waals surface area (Å²) < 4.78 is 0.441. The van der Waals surface area contributed by atoms with Crippen molar-refractivity contribution < 1.29 is 14.4 Å². The van der Waals surface area contributed by atoms with Gasteiger partial charge in [-0.15, -0.1) is 0 Å². The highest BCUT2D eigenvalue weighted by Crippen LogP contribution is 2.16. The maximum absolute atomic E-state index is 11.1. The first-order valence-corrected chi connectivity index (χ1v) is 3.68. The molecule has 1 heterocycles. The predicted octanol–water partition coefficient (Wildman–Crippen LogP) is -0.254. The van der Waals surface area contributed by atoms with Crippen molar-refractivity contribution in [1.82, 2.24) is 0 Å². The fourth-order valence-electron chi connectivity index (χ4n) is 1.43. The number of quaternary nitrogens is 1. The van der Waals surface area contributed by atoms with E-state index < -0.39 is 0 Å². The van der Waals surface area contributed by atoms with Gasteiger partial charge in [0.25, 0.3) is 0 Å². The molecule has 1 saturated heterocycles. The van der Waals surface area contributed by atoms with Gasteiger partial charge in [0.05, 0.1) is 26.6 Å². The lowest BCUT2D eigenvalue weighted by Crippen LogP contribution is -2.46. The van der Waals surface area contributed by atoms with Crippen LogP contribution in [0.5, 0.6) is 0 Å². The van der Waals surface area contributed by atoms with Crippen molar-refractivity contribution in [3.63, 3.8) is 0 Å². The highest BCUT2D eigenvalue weighted by molar-refractivity contribution is 5.70. The van der Waals surface area contributed by atoms with Gasteiger partial charge in [-0.3, -0.25) is 4.48 Å². The molecule has 0 aliphatic carbocycles. The van der Waals surface area contributed by atoms with Gasteiger partial charge < -0.3 is 5.11 Å². The molecule has 3 nitrogen and oxygen atoms in total. The van der Waals surface area contributed by atoms with Crippen molar-refractivity contribution in [3.05, 3.63) is 0 Å². The molecular weight excluding hydrogens is 130 g/mol. The number of likely N-dealkylation sites (tertiary alicyclic amines) is 1. The molecule has 1 unspecified atom stereocenters. The number of hydrogen-bond acceptors (Lipinski definition) is 2. The van der Waals surface area contributed by atoms with Gasteiger partial charge in [-0.1, -0.05) is 0 Å². The van der Waals surface area contributed by atoms with Crippen molar-refractivity contribution in [1.29, 1.82) is 0 Å². The Morgan fingerprint density at radius 1 is 1.70 bits per heavy atom. The summed E-state index contributed by atoms with van der Waals surface area (Å²) in [7, 11) is 1.89. The standard InChI is InChI=1S/C7H14NO2/c1-8(5-6-9)4-2-3-7(8)10/h9H,2-6H2,1H3/q+1. The minimum Gasteiger partial charge on any atom is -0.390 e. The highest BCUT2D eigenvalue weighted by atomic mass is 16.3. The quantitative estimate of drug-likeness (QED) is 0.542. The number of nitrogens with zero attached hydrogens (tertiary/aromatic N) is 1. The van der Waals surface area contributed by atoms with E-state index in [1.807, 2.05) is 7.05 Å². The lowest BCUT2D eigenvalue weighted by molar-refractivity contribution is -0.826. The maximum atomic E-state index is 11.1. The second-order valence-corrected chi connectivity index (χ2v) is 3.06. The Balaban J connectivity index is 2.57. The number of likely N-dealkylation sites (N-methyl/N-ethyl adjacent to an activating group) is 1. The zero-order valence-electron chi connectivity index (χ0n) is 6.34. The molecule has 0 saturated carbocycles. The number of carbonyl (C=O) groups is 1. The van der Waals surface area contributed by atoms with Crippen molar-refractivity contribution in [2.24, 2.45) is 0 Å². The minimum absolute atomic E-state index is 0.113. The van der Waals surface area contributed by atoms with Crippen LogP contribution in [0.25, 0.3) is 0 Å². The Labute approximate surface area is 60.8 Å². The summed E-state index contributed by atoms with van der Waals surface area (Å²) in [5.41, 5.74) is 0. The van der Waals surface area contributed by atoms with Gasteiger partial charge in [0.15, 0.2) is 0 Å². The fraction of sp³-hybridized carbons (Fsp3) is 0.857. The van der Waals surface area contributed by atoms with Crippen molar-refractivity contribution >= 4 is 5.91 Å². The molecule has 10 heavy (non-hydrogen) atoms.